The molecule has 1 aliphatic heterocycles. The number of ether oxygens (including phenoxy) is 2. The molecule has 26 heavy (non-hydrogen) atoms. The minimum absolute atomic E-state index is 0.226. The highest BCUT2D eigenvalue weighted by molar-refractivity contribution is 8.00. The summed E-state index contributed by atoms with van der Waals surface area (Å²) in [6, 6.07) is 16.1. The summed E-state index contributed by atoms with van der Waals surface area (Å²) in [6.07, 6.45) is -2.08. The zero-order chi connectivity index (χ0) is 18.5. The summed E-state index contributed by atoms with van der Waals surface area (Å²) in [5, 5.41) is 9.65. The summed E-state index contributed by atoms with van der Waals surface area (Å²) in [6.45, 7) is 5.20. The molecule has 1 heterocycles. The van der Waals surface area contributed by atoms with E-state index >= 15 is 0 Å². The molecule has 5 heteroatoms. The molecule has 1 saturated heterocycles. The van der Waals surface area contributed by atoms with E-state index in [1.165, 1.54) is 22.9 Å². The molecule has 1 fully saturated rings. The number of thioether (sulfide) groups is 1. The van der Waals surface area contributed by atoms with Gasteiger partial charge in [0, 0.05) is 0 Å². The van der Waals surface area contributed by atoms with E-state index in [9.17, 15) is 9.50 Å². The number of rotatable bonds is 7. The Kier molecular flexibility index (Phi) is 6.70. The van der Waals surface area contributed by atoms with Crippen LogP contribution < -0.4 is 0 Å². The average molecular weight is 376 g/mol. The Balaban J connectivity index is 1.52. The van der Waals surface area contributed by atoms with Crippen LogP contribution in [0, 0.1) is 13.8 Å². The maximum atomic E-state index is 14.3. The van der Waals surface area contributed by atoms with Crippen molar-refractivity contribution in [2.45, 2.75) is 50.0 Å². The molecular weight excluding hydrogens is 351 g/mol. The van der Waals surface area contributed by atoms with Gasteiger partial charge >= 0.3 is 0 Å². The van der Waals surface area contributed by atoms with Crippen molar-refractivity contribution in [2.75, 3.05) is 6.61 Å². The largest absolute Gasteiger partial charge is 0.379 e. The highest BCUT2D eigenvalue weighted by atomic mass is 32.2. The van der Waals surface area contributed by atoms with Gasteiger partial charge in [-0.05, 0) is 25.0 Å². The zero-order valence-electron chi connectivity index (χ0n) is 15.1. The smallest absolute Gasteiger partial charge is 0.162 e. The van der Waals surface area contributed by atoms with Gasteiger partial charge in [0.2, 0.25) is 0 Å². The Hall–Kier alpha value is -1.40. The van der Waals surface area contributed by atoms with E-state index in [0.29, 0.717) is 19.8 Å². The molecule has 0 amide bonds. The summed E-state index contributed by atoms with van der Waals surface area (Å²) >= 11 is 1.19. The third-order valence-electron chi connectivity index (χ3n) is 4.50. The molecule has 3 rings (SSSR count). The van der Waals surface area contributed by atoms with E-state index in [-0.39, 0.29) is 5.25 Å². The van der Waals surface area contributed by atoms with Gasteiger partial charge in [-0.15, -0.1) is 11.8 Å². The first-order chi connectivity index (χ1) is 12.5. The normalized spacial score (nSPS) is 25.5. The van der Waals surface area contributed by atoms with Crippen molar-refractivity contribution >= 4 is 11.8 Å². The Labute approximate surface area is 158 Å². The first-order valence-corrected chi connectivity index (χ1v) is 9.75. The molecule has 0 saturated carbocycles. The number of aryl methyl sites for hydroxylation is 2. The van der Waals surface area contributed by atoms with Gasteiger partial charge in [-0.25, -0.2) is 4.39 Å². The van der Waals surface area contributed by atoms with Crippen molar-refractivity contribution in [3.63, 3.8) is 0 Å². The van der Waals surface area contributed by atoms with Gasteiger partial charge in [-0.2, -0.15) is 0 Å². The standard InChI is InChI=1S/C21H25FO3S/c1-14-3-7-16(8-4-14)11-24-13-18-20(19(22)21(23)26-18)25-12-17-9-5-15(2)6-10-17/h3-10,18-21,23H,11-13H2,1-2H3/t18-,19+,20-,21?/m1/s1. The minimum atomic E-state index is -1.40. The molecule has 0 radical (unpaired) electrons. The van der Waals surface area contributed by atoms with Crippen molar-refractivity contribution < 1.29 is 19.0 Å². The van der Waals surface area contributed by atoms with E-state index in [1.54, 1.807) is 0 Å². The van der Waals surface area contributed by atoms with E-state index in [0.717, 1.165) is 11.1 Å². The van der Waals surface area contributed by atoms with Gasteiger partial charge in [0.05, 0.1) is 25.1 Å². The molecule has 0 spiro atoms. The summed E-state index contributed by atoms with van der Waals surface area (Å²) in [5.41, 5.74) is 3.38. The fourth-order valence-electron chi connectivity index (χ4n) is 2.89. The second kappa shape index (κ2) is 9.00. The maximum Gasteiger partial charge on any atom is 0.162 e. The van der Waals surface area contributed by atoms with Crippen molar-refractivity contribution in [3.8, 4) is 0 Å². The molecular formula is C21H25FO3S. The molecule has 4 atom stereocenters. The van der Waals surface area contributed by atoms with E-state index in [2.05, 4.69) is 0 Å². The number of benzene rings is 2. The number of aliphatic hydroxyl groups excluding tert-OH is 1. The second-order valence-electron chi connectivity index (χ2n) is 6.77. The average Bonchev–Trinajstić information content (AvgIpc) is 2.90. The first kappa shape index (κ1) is 19.4. The van der Waals surface area contributed by atoms with E-state index < -0.39 is 17.7 Å². The van der Waals surface area contributed by atoms with Gasteiger partial charge in [0.25, 0.3) is 0 Å². The molecule has 1 unspecified atom stereocenters. The van der Waals surface area contributed by atoms with Crippen LogP contribution in [-0.2, 0) is 22.7 Å². The minimum Gasteiger partial charge on any atom is -0.379 e. The molecule has 1 aliphatic rings. The summed E-state index contributed by atoms with van der Waals surface area (Å²) < 4.78 is 25.9. The van der Waals surface area contributed by atoms with E-state index in [1.807, 2.05) is 62.4 Å². The van der Waals surface area contributed by atoms with Crippen LogP contribution >= 0.6 is 11.8 Å². The van der Waals surface area contributed by atoms with Crippen molar-refractivity contribution in [2.24, 2.45) is 0 Å². The van der Waals surface area contributed by atoms with Gasteiger partial charge in [-0.3, -0.25) is 0 Å². The van der Waals surface area contributed by atoms with Crippen LogP contribution in [0.1, 0.15) is 22.3 Å². The number of aliphatic hydroxyl groups is 1. The lowest BCUT2D eigenvalue weighted by atomic mass is 10.1. The lowest BCUT2D eigenvalue weighted by Crippen LogP contribution is -2.34. The quantitative estimate of drug-likeness (QED) is 0.787. The Morgan fingerprint density at radius 1 is 0.923 bits per heavy atom. The fraction of sp³-hybridized carbons (Fsp3) is 0.429. The highest BCUT2D eigenvalue weighted by Gasteiger charge is 2.44. The zero-order valence-corrected chi connectivity index (χ0v) is 15.9. The van der Waals surface area contributed by atoms with Crippen LogP contribution in [0.4, 0.5) is 4.39 Å². The SMILES string of the molecule is Cc1ccc(COC[C@H]2SC(O)[C@@H](F)[C@@H]2OCc2ccc(C)cc2)cc1. The molecule has 2 aromatic rings. The number of alkyl halides is 1. The number of hydrogen-bond acceptors (Lipinski definition) is 4. The summed E-state index contributed by atoms with van der Waals surface area (Å²) in [7, 11) is 0. The molecule has 0 aliphatic carbocycles. The molecule has 3 nitrogen and oxygen atoms in total. The fourth-order valence-corrected chi connectivity index (χ4v) is 4.11. The monoisotopic (exact) mass is 376 g/mol. The Morgan fingerprint density at radius 3 is 2.04 bits per heavy atom. The van der Waals surface area contributed by atoms with Crippen LogP contribution in [0.25, 0.3) is 0 Å². The topological polar surface area (TPSA) is 38.7 Å². The van der Waals surface area contributed by atoms with E-state index in [4.69, 9.17) is 9.47 Å². The van der Waals surface area contributed by atoms with Gasteiger partial charge in [0.15, 0.2) is 6.17 Å². The first-order valence-electron chi connectivity index (χ1n) is 8.81. The van der Waals surface area contributed by atoms with Crippen LogP contribution in [0.15, 0.2) is 48.5 Å². The number of hydrogen-bond donors (Lipinski definition) is 1. The van der Waals surface area contributed by atoms with Crippen molar-refractivity contribution in [3.05, 3.63) is 70.8 Å². The van der Waals surface area contributed by atoms with Crippen LogP contribution in [0.5, 0.6) is 0 Å². The molecule has 2 aromatic carbocycles. The highest BCUT2D eigenvalue weighted by Crippen LogP contribution is 2.37. The predicted octanol–water partition coefficient (Wildman–Crippen LogP) is 4.18. The van der Waals surface area contributed by atoms with Gasteiger partial charge in [-0.1, -0.05) is 59.7 Å². The Morgan fingerprint density at radius 2 is 1.46 bits per heavy atom. The molecule has 140 valence electrons. The van der Waals surface area contributed by atoms with Crippen molar-refractivity contribution in [1.82, 2.24) is 0 Å². The van der Waals surface area contributed by atoms with Gasteiger partial charge in [0.1, 0.15) is 11.5 Å². The third-order valence-corrected chi connectivity index (χ3v) is 5.79. The predicted molar refractivity (Wildman–Crippen MR) is 103 cm³/mol. The Bertz CT molecular complexity index is 689. The van der Waals surface area contributed by atoms with Crippen molar-refractivity contribution in [1.29, 1.82) is 0 Å². The molecule has 0 aromatic heterocycles. The summed E-state index contributed by atoms with van der Waals surface area (Å²) in [4.78, 5) is 0. The lowest BCUT2D eigenvalue weighted by Gasteiger charge is -2.21. The maximum absolute atomic E-state index is 14.3. The lowest BCUT2D eigenvalue weighted by molar-refractivity contribution is -0.0386. The van der Waals surface area contributed by atoms with Crippen LogP contribution in [0.3, 0.4) is 0 Å². The second-order valence-corrected chi connectivity index (χ2v) is 8.13. The van der Waals surface area contributed by atoms with Crippen LogP contribution in [0.2, 0.25) is 0 Å². The van der Waals surface area contributed by atoms with Gasteiger partial charge < -0.3 is 14.6 Å². The summed E-state index contributed by atoms with van der Waals surface area (Å²) in [5.74, 6) is 0. The third kappa shape index (κ3) is 5.07. The molecule has 1 N–H and O–H groups in total. The molecule has 0 bridgehead atoms. The number of halogens is 1. The van der Waals surface area contributed by atoms with Crippen LogP contribution in [-0.4, -0.2) is 34.7 Å².